The second kappa shape index (κ2) is 5.54. The maximum atomic E-state index is 11.9. The number of hydrogen-bond acceptors (Lipinski definition) is 2. The normalized spacial score (nSPS) is 10.1. The Bertz CT molecular complexity index is 599. The lowest BCUT2D eigenvalue weighted by molar-refractivity contribution is 0.102. The van der Waals surface area contributed by atoms with Crippen LogP contribution in [0, 0.1) is 0 Å². The summed E-state index contributed by atoms with van der Waals surface area (Å²) in [6, 6.07) is 11.7. The number of aromatic hydroxyl groups is 1. The molecule has 2 aromatic carbocycles. The Morgan fingerprint density at radius 1 is 1.11 bits per heavy atom. The number of carbonyl (C=O) groups excluding carboxylic acids is 1. The molecule has 0 unspecified atom stereocenters. The molecule has 0 aliphatic rings. The van der Waals surface area contributed by atoms with E-state index in [1.165, 1.54) is 12.1 Å². The zero-order valence-electron chi connectivity index (χ0n) is 9.15. The highest BCUT2D eigenvalue weighted by Crippen LogP contribution is 2.26. The van der Waals surface area contributed by atoms with Crippen LogP contribution in [0.4, 0.5) is 5.69 Å². The molecule has 1 amide bonds. The van der Waals surface area contributed by atoms with Gasteiger partial charge in [-0.25, -0.2) is 0 Å². The van der Waals surface area contributed by atoms with Crippen LogP contribution in [0.15, 0.2) is 51.4 Å². The molecule has 18 heavy (non-hydrogen) atoms. The van der Waals surface area contributed by atoms with Crippen molar-refractivity contribution in [3.05, 3.63) is 57.0 Å². The van der Waals surface area contributed by atoms with E-state index < -0.39 is 0 Å². The molecule has 0 heterocycles. The van der Waals surface area contributed by atoms with E-state index in [0.717, 1.165) is 8.95 Å². The largest absolute Gasteiger partial charge is 0.508 e. The third-order valence-corrected chi connectivity index (χ3v) is 3.44. The Kier molecular flexibility index (Phi) is 4.04. The summed E-state index contributed by atoms with van der Waals surface area (Å²) in [6.45, 7) is 0. The second-order valence-electron chi connectivity index (χ2n) is 3.63. The number of anilines is 1. The molecule has 0 saturated heterocycles. The van der Waals surface area contributed by atoms with Gasteiger partial charge < -0.3 is 10.4 Å². The number of phenolic OH excluding ortho intramolecular Hbond substituents is 1. The van der Waals surface area contributed by atoms with Crippen molar-refractivity contribution in [3.8, 4) is 5.75 Å². The predicted molar refractivity (Wildman–Crippen MR) is 77.9 cm³/mol. The van der Waals surface area contributed by atoms with Gasteiger partial charge in [-0.05, 0) is 52.3 Å². The summed E-state index contributed by atoms with van der Waals surface area (Å²) in [5, 5.41) is 12.1. The van der Waals surface area contributed by atoms with E-state index in [4.69, 9.17) is 0 Å². The van der Waals surface area contributed by atoms with E-state index in [1.807, 2.05) is 12.1 Å². The van der Waals surface area contributed by atoms with E-state index in [-0.39, 0.29) is 11.7 Å². The minimum atomic E-state index is -0.270. The lowest BCUT2D eigenvalue weighted by Crippen LogP contribution is -2.12. The molecular weight excluding hydrogens is 362 g/mol. The third kappa shape index (κ3) is 3.11. The number of rotatable bonds is 2. The summed E-state index contributed by atoms with van der Waals surface area (Å²) >= 11 is 6.71. The first-order valence-electron chi connectivity index (χ1n) is 5.12. The van der Waals surface area contributed by atoms with Gasteiger partial charge >= 0.3 is 0 Å². The van der Waals surface area contributed by atoms with Gasteiger partial charge in [0.2, 0.25) is 0 Å². The highest BCUT2D eigenvalue weighted by Gasteiger charge is 2.08. The topological polar surface area (TPSA) is 49.3 Å². The number of nitrogens with one attached hydrogen (secondary N) is 1. The van der Waals surface area contributed by atoms with Crippen molar-refractivity contribution in [2.24, 2.45) is 0 Å². The predicted octanol–water partition coefficient (Wildman–Crippen LogP) is 4.17. The molecule has 0 aromatic heterocycles. The van der Waals surface area contributed by atoms with Crippen LogP contribution in [-0.4, -0.2) is 11.0 Å². The number of amides is 1. The van der Waals surface area contributed by atoms with Crippen LogP contribution in [0.1, 0.15) is 10.4 Å². The molecule has 5 heteroatoms. The van der Waals surface area contributed by atoms with Gasteiger partial charge in [-0.3, -0.25) is 4.79 Å². The van der Waals surface area contributed by atoms with Gasteiger partial charge in [0, 0.05) is 14.5 Å². The van der Waals surface area contributed by atoms with Gasteiger partial charge in [-0.2, -0.15) is 0 Å². The van der Waals surface area contributed by atoms with Gasteiger partial charge in [0.05, 0.1) is 5.69 Å². The van der Waals surface area contributed by atoms with Crippen molar-refractivity contribution >= 4 is 43.5 Å². The number of carbonyl (C=O) groups is 1. The molecular formula is C13H9Br2NO2. The summed E-state index contributed by atoms with van der Waals surface area (Å²) in [5.74, 6) is -0.202. The molecule has 92 valence electrons. The van der Waals surface area contributed by atoms with Gasteiger partial charge in [0.25, 0.3) is 5.91 Å². The smallest absolute Gasteiger partial charge is 0.255 e. The maximum Gasteiger partial charge on any atom is 0.255 e. The Hall–Kier alpha value is -1.33. The van der Waals surface area contributed by atoms with E-state index in [2.05, 4.69) is 37.2 Å². The van der Waals surface area contributed by atoms with Crippen LogP contribution in [-0.2, 0) is 0 Å². The van der Waals surface area contributed by atoms with E-state index in [1.54, 1.807) is 18.2 Å². The van der Waals surface area contributed by atoms with Crippen LogP contribution in [0.25, 0.3) is 0 Å². The Morgan fingerprint density at radius 2 is 1.89 bits per heavy atom. The lowest BCUT2D eigenvalue weighted by atomic mass is 10.2. The Labute approximate surface area is 121 Å². The van der Waals surface area contributed by atoms with Gasteiger partial charge in [0.15, 0.2) is 0 Å². The van der Waals surface area contributed by atoms with Crippen molar-refractivity contribution in [3.63, 3.8) is 0 Å². The minimum Gasteiger partial charge on any atom is -0.508 e. The zero-order chi connectivity index (χ0) is 13.1. The van der Waals surface area contributed by atoms with Crippen molar-refractivity contribution in [2.75, 3.05) is 5.32 Å². The SMILES string of the molecule is O=C(Nc1ccc(Br)cc1Br)c1cccc(O)c1. The van der Waals surface area contributed by atoms with Crippen LogP contribution < -0.4 is 5.32 Å². The molecule has 0 bridgehead atoms. The fourth-order valence-electron chi connectivity index (χ4n) is 1.43. The standard InChI is InChI=1S/C13H9Br2NO2/c14-9-4-5-12(11(15)7-9)16-13(18)8-2-1-3-10(17)6-8/h1-7,17H,(H,16,18). The molecule has 2 aromatic rings. The molecule has 0 saturated carbocycles. The lowest BCUT2D eigenvalue weighted by Gasteiger charge is -2.08. The molecule has 0 fully saturated rings. The number of hydrogen-bond donors (Lipinski definition) is 2. The van der Waals surface area contributed by atoms with Gasteiger partial charge in [-0.15, -0.1) is 0 Å². The minimum absolute atomic E-state index is 0.0671. The fourth-order valence-corrected chi connectivity index (χ4v) is 2.58. The van der Waals surface area contributed by atoms with Crippen LogP contribution in [0.2, 0.25) is 0 Å². The van der Waals surface area contributed by atoms with Crippen LogP contribution >= 0.6 is 31.9 Å². The quantitative estimate of drug-likeness (QED) is 0.833. The third-order valence-electron chi connectivity index (χ3n) is 2.29. The average Bonchev–Trinajstić information content (AvgIpc) is 2.32. The first-order valence-corrected chi connectivity index (χ1v) is 6.70. The summed E-state index contributed by atoms with van der Waals surface area (Å²) in [6.07, 6.45) is 0. The Morgan fingerprint density at radius 3 is 2.56 bits per heavy atom. The van der Waals surface area contributed by atoms with Gasteiger partial charge in [-0.1, -0.05) is 22.0 Å². The molecule has 2 N–H and O–H groups in total. The number of halogens is 2. The molecule has 0 spiro atoms. The molecule has 0 atom stereocenters. The van der Waals surface area contributed by atoms with Crippen molar-refractivity contribution in [2.45, 2.75) is 0 Å². The molecule has 2 rings (SSSR count). The van der Waals surface area contributed by atoms with Gasteiger partial charge in [0.1, 0.15) is 5.75 Å². The first kappa shape index (κ1) is 13.1. The van der Waals surface area contributed by atoms with Crippen LogP contribution in [0.3, 0.4) is 0 Å². The maximum absolute atomic E-state index is 11.9. The average molecular weight is 371 g/mol. The summed E-state index contributed by atoms with van der Waals surface area (Å²) in [5.41, 5.74) is 1.08. The van der Waals surface area contributed by atoms with Crippen molar-refractivity contribution < 1.29 is 9.90 Å². The summed E-state index contributed by atoms with van der Waals surface area (Å²) < 4.78 is 1.70. The molecule has 0 radical (unpaired) electrons. The van der Waals surface area contributed by atoms with Crippen LogP contribution in [0.5, 0.6) is 5.75 Å². The monoisotopic (exact) mass is 369 g/mol. The van der Waals surface area contributed by atoms with Crippen molar-refractivity contribution in [1.29, 1.82) is 0 Å². The summed E-state index contributed by atoms with van der Waals surface area (Å²) in [7, 11) is 0. The fraction of sp³-hybridized carbons (Fsp3) is 0. The van der Waals surface area contributed by atoms with E-state index in [0.29, 0.717) is 11.3 Å². The van der Waals surface area contributed by atoms with E-state index >= 15 is 0 Å². The molecule has 0 aliphatic carbocycles. The second-order valence-corrected chi connectivity index (χ2v) is 5.40. The van der Waals surface area contributed by atoms with E-state index in [9.17, 15) is 9.90 Å². The zero-order valence-corrected chi connectivity index (χ0v) is 12.3. The first-order chi connectivity index (χ1) is 8.56. The molecule has 0 aliphatic heterocycles. The number of phenols is 1. The highest BCUT2D eigenvalue weighted by molar-refractivity contribution is 9.11. The Balaban J connectivity index is 2.21. The molecule has 3 nitrogen and oxygen atoms in total. The highest BCUT2D eigenvalue weighted by atomic mass is 79.9. The number of benzene rings is 2. The summed E-state index contributed by atoms with van der Waals surface area (Å²) in [4.78, 5) is 11.9. The van der Waals surface area contributed by atoms with Crippen molar-refractivity contribution in [1.82, 2.24) is 0 Å².